The van der Waals surface area contributed by atoms with Crippen LogP contribution in [0.25, 0.3) is 0 Å². The van der Waals surface area contributed by atoms with Crippen molar-refractivity contribution in [3.05, 3.63) is 11.3 Å². The Morgan fingerprint density at radius 2 is 2.12 bits per heavy atom. The zero-order valence-electron chi connectivity index (χ0n) is 15.2. The van der Waals surface area contributed by atoms with Crippen LogP contribution in [0.5, 0.6) is 0 Å². The number of alkyl halides is 2. The average molecular weight is 366 g/mol. The monoisotopic (exact) mass is 366 g/mol. The molecule has 3 heterocycles. The van der Waals surface area contributed by atoms with Gasteiger partial charge in [-0.1, -0.05) is 0 Å². The number of aromatic nitrogens is 2. The zero-order valence-corrected chi connectivity index (χ0v) is 15.2. The lowest BCUT2D eigenvalue weighted by atomic mass is 9.90. The average Bonchev–Trinajstić information content (AvgIpc) is 2.56. The van der Waals surface area contributed by atoms with Crippen LogP contribution in [0.2, 0.25) is 0 Å². The Kier molecular flexibility index (Phi) is 4.23. The summed E-state index contributed by atoms with van der Waals surface area (Å²) >= 11 is 0. The summed E-state index contributed by atoms with van der Waals surface area (Å²) in [7, 11) is 1.38. The first-order chi connectivity index (χ1) is 12.4. The van der Waals surface area contributed by atoms with E-state index in [0.29, 0.717) is 49.7 Å². The van der Waals surface area contributed by atoms with Crippen LogP contribution in [-0.2, 0) is 21.9 Å². The third kappa shape index (κ3) is 2.89. The fourth-order valence-corrected chi connectivity index (χ4v) is 3.99. The molecule has 4 rings (SSSR count). The van der Waals surface area contributed by atoms with Crippen LogP contribution in [-0.4, -0.2) is 48.7 Å². The van der Waals surface area contributed by atoms with Crippen molar-refractivity contribution in [1.29, 1.82) is 0 Å². The Morgan fingerprint density at radius 1 is 1.35 bits per heavy atom. The number of hydrogen-bond donors (Lipinski definition) is 0. The van der Waals surface area contributed by atoms with Gasteiger partial charge < -0.3 is 14.5 Å². The standard InChI is InChI=1S/C18H24F2N4O2/c1-11-5-7-24(11)17-21-15-13(4-3-6-18(15,19)20)16(22-17)23-9-12(10-23)8-14(25)26-2/h11-12H,3-10H2,1-2H3. The second-order valence-electron chi connectivity index (χ2n) is 7.61. The van der Waals surface area contributed by atoms with Crippen LogP contribution in [0.3, 0.4) is 0 Å². The highest BCUT2D eigenvalue weighted by atomic mass is 19.3. The van der Waals surface area contributed by atoms with Crippen molar-refractivity contribution in [2.45, 2.75) is 51.0 Å². The lowest BCUT2D eigenvalue weighted by Crippen LogP contribution is -2.50. The molecule has 0 aromatic carbocycles. The van der Waals surface area contributed by atoms with Gasteiger partial charge in [-0.25, -0.2) is 4.98 Å². The Morgan fingerprint density at radius 3 is 2.73 bits per heavy atom. The molecule has 0 saturated carbocycles. The number of fused-ring (bicyclic) bond motifs is 1. The third-order valence-electron chi connectivity index (χ3n) is 5.75. The van der Waals surface area contributed by atoms with Crippen LogP contribution < -0.4 is 9.80 Å². The molecule has 0 bridgehead atoms. The summed E-state index contributed by atoms with van der Waals surface area (Å²) in [6.45, 7) is 4.13. The first-order valence-electron chi connectivity index (χ1n) is 9.26. The van der Waals surface area contributed by atoms with Crippen molar-refractivity contribution in [2.24, 2.45) is 5.92 Å². The fraction of sp³-hybridized carbons (Fsp3) is 0.722. The van der Waals surface area contributed by atoms with Gasteiger partial charge in [0.25, 0.3) is 5.92 Å². The molecule has 3 aliphatic rings. The van der Waals surface area contributed by atoms with Gasteiger partial charge in [0.1, 0.15) is 11.5 Å². The van der Waals surface area contributed by atoms with E-state index in [1.54, 1.807) is 0 Å². The van der Waals surface area contributed by atoms with Gasteiger partial charge >= 0.3 is 5.97 Å². The smallest absolute Gasteiger partial charge is 0.305 e. The van der Waals surface area contributed by atoms with Crippen LogP contribution in [0.4, 0.5) is 20.5 Å². The topological polar surface area (TPSA) is 58.6 Å². The highest BCUT2D eigenvalue weighted by Crippen LogP contribution is 2.44. The number of methoxy groups -OCH3 is 1. The maximum absolute atomic E-state index is 14.5. The second kappa shape index (κ2) is 6.32. The molecule has 0 amide bonds. The summed E-state index contributed by atoms with van der Waals surface area (Å²) in [6.07, 6.45) is 2.24. The maximum atomic E-state index is 14.5. The fourth-order valence-electron chi connectivity index (χ4n) is 3.99. The Hall–Kier alpha value is -1.99. The number of carbonyl (C=O) groups excluding carboxylic acids is 1. The Balaban J connectivity index is 1.63. The number of hydrogen-bond acceptors (Lipinski definition) is 6. The van der Waals surface area contributed by atoms with Gasteiger partial charge in [0.15, 0.2) is 0 Å². The molecule has 1 unspecified atom stereocenters. The van der Waals surface area contributed by atoms with Gasteiger partial charge in [-0.2, -0.15) is 13.8 Å². The highest BCUT2D eigenvalue weighted by Gasteiger charge is 2.43. The lowest BCUT2D eigenvalue weighted by molar-refractivity contribution is -0.141. The van der Waals surface area contributed by atoms with E-state index in [-0.39, 0.29) is 30.0 Å². The summed E-state index contributed by atoms with van der Waals surface area (Å²) in [5.74, 6) is -1.91. The van der Waals surface area contributed by atoms with Crippen molar-refractivity contribution < 1.29 is 18.3 Å². The molecule has 0 N–H and O–H groups in total. The van der Waals surface area contributed by atoms with Gasteiger partial charge in [0.2, 0.25) is 5.95 Å². The van der Waals surface area contributed by atoms with E-state index < -0.39 is 5.92 Å². The molecule has 1 aromatic rings. The molecule has 2 fully saturated rings. The predicted molar refractivity (Wildman–Crippen MR) is 92.6 cm³/mol. The third-order valence-corrected chi connectivity index (χ3v) is 5.75. The van der Waals surface area contributed by atoms with Gasteiger partial charge in [-0.05, 0) is 26.2 Å². The van der Waals surface area contributed by atoms with E-state index in [4.69, 9.17) is 4.74 Å². The summed E-state index contributed by atoms with van der Waals surface area (Å²) in [4.78, 5) is 24.4. The van der Waals surface area contributed by atoms with Crippen LogP contribution in [0.1, 0.15) is 43.9 Å². The van der Waals surface area contributed by atoms with Crippen molar-refractivity contribution >= 4 is 17.7 Å². The zero-order chi connectivity index (χ0) is 18.5. The van der Waals surface area contributed by atoms with Gasteiger partial charge in [0, 0.05) is 43.6 Å². The minimum absolute atomic E-state index is 0.0979. The number of ether oxygens (including phenoxy) is 1. The van der Waals surface area contributed by atoms with Crippen LogP contribution in [0.15, 0.2) is 0 Å². The predicted octanol–water partition coefficient (Wildman–Crippen LogP) is 2.50. The Bertz CT molecular complexity index is 721. The Labute approximate surface area is 151 Å². The molecule has 8 heteroatoms. The number of carbonyl (C=O) groups is 1. The van der Waals surface area contributed by atoms with Crippen molar-refractivity contribution in [1.82, 2.24) is 9.97 Å². The molecule has 1 atom stereocenters. The summed E-state index contributed by atoms with van der Waals surface area (Å²) in [6, 6.07) is 0.279. The van der Waals surface area contributed by atoms with Crippen LogP contribution >= 0.6 is 0 Å². The minimum Gasteiger partial charge on any atom is -0.469 e. The lowest BCUT2D eigenvalue weighted by Gasteiger charge is -2.43. The summed E-state index contributed by atoms with van der Waals surface area (Å²) in [5, 5.41) is 0. The van der Waals surface area contributed by atoms with Crippen LogP contribution in [0, 0.1) is 5.92 Å². The van der Waals surface area contributed by atoms with E-state index in [1.165, 1.54) is 7.11 Å². The van der Waals surface area contributed by atoms with Gasteiger partial charge in [0.05, 0.1) is 13.5 Å². The first-order valence-corrected chi connectivity index (χ1v) is 9.26. The molecule has 142 valence electrons. The van der Waals surface area contributed by atoms with E-state index in [0.717, 1.165) is 13.0 Å². The van der Waals surface area contributed by atoms with Crippen molar-refractivity contribution in [2.75, 3.05) is 36.5 Å². The van der Waals surface area contributed by atoms with E-state index >= 15 is 0 Å². The first kappa shape index (κ1) is 17.4. The molecular formula is C18H24F2N4O2. The largest absolute Gasteiger partial charge is 0.469 e. The number of halogens is 2. The molecular weight excluding hydrogens is 342 g/mol. The maximum Gasteiger partial charge on any atom is 0.305 e. The number of rotatable bonds is 4. The molecule has 1 aliphatic carbocycles. The van der Waals surface area contributed by atoms with E-state index in [2.05, 4.69) is 16.9 Å². The number of nitrogens with zero attached hydrogens (tertiary/aromatic N) is 4. The molecule has 0 spiro atoms. The van der Waals surface area contributed by atoms with E-state index in [1.807, 2.05) is 9.80 Å². The highest BCUT2D eigenvalue weighted by molar-refractivity contribution is 5.70. The van der Waals surface area contributed by atoms with Gasteiger partial charge in [-0.15, -0.1) is 0 Å². The normalized spacial score (nSPS) is 24.5. The number of esters is 1. The molecule has 2 saturated heterocycles. The molecule has 26 heavy (non-hydrogen) atoms. The van der Waals surface area contributed by atoms with E-state index in [9.17, 15) is 13.6 Å². The summed E-state index contributed by atoms with van der Waals surface area (Å²) < 4.78 is 33.8. The second-order valence-corrected chi connectivity index (χ2v) is 7.61. The van der Waals surface area contributed by atoms with Crippen molar-refractivity contribution in [3.63, 3.8) is 0 Å². The number of anilines is 2. The molecule has 2 aliphatic heterocycles. The minimum atomic E-state index is -2.90. The molecule has 0 radical (unpaired) electrons. The molecule has 6 nitrogen and oxygen atoms in total. The van der Waals surface area contributed by atoms with Gasteiger partial charge in [-0.3, -0.25) is 4.79 Å². The quantitative estimate of drug-likeness (QED) is 0.763. The molecule has 1 aromatic heterocycles. The SMILES string of the molecule is COC(=O)CC1CN(c2nc(N3CCC3C)nc3c2CCCC3(F)F)C1. The summed E-state index contributed by atoms with van der Waals surface area (Å²) in [5.41, 5.74) is 0.481. The van der Waals surface area contributed by atoms with Crippen molar-refractivity contribution in [3.8, 4) is 0 Å².